The highest BCUT2D eigenvalue weighted by atomic mass is 35.5. The number of rotatable bonds is 4. The molecule has 0 radical (unpaired) electrons. The van der Waals surface area contributed by atoms with Gasteiger partial charge in [0.25, 0.3) is 5.91 Å². The Labute approximate surface area is 113 Å². The van der Waals surface area contributed by atoms with Crippen LogP contribution in [0.4, 0.5) is 0 Å². The third-order valence-electron chi connectivity index (χ3n) is 2.52. The predicted molar refractivity (Wildman–Crippen MR) is 74.0 cm³/mol. The maximum absolute atomic E-state index is 11.7. The van der Waals surface area contributed by atoms with Crippen molar-refractivity contribution >= 4 is 39.7 Å². The molecule has 1 aromatic rings. The lowest BCUT2D eigenvalue weighted by molar-refractivity contribution is -0.119. The minimum absolute atomic E-state index is 0.106. The molecule has 0 aliphatic rings. The van der Waals surface area contributed by atoms with E-state index in [1.165, 1.54) is 11.3 Å². The Bertz CT molecular complexity index is 433. The average Bonchev–Trinajstić information content (AvgIpc) is 2.73. The van der Waals surface area contributed by atoms with Gasteiger partial charge in [-0.2, -0.15) is 4.36 Å². The number of nitrogens with zero attached hydrogens (tertiary/aromatic N) is 1. The molecular formula is C10H16ClN3OS2. The summed E-state index contributed by atoms with van der Waals surface area (Å²) in [5.41, 5.74) is 5.78. The zero-order chi connectivity index (χ0) is 13.0. The molecule has 0 spiro atoms. The zero-order valence-electron chi connectivity index (χ0n) is 9.72. The fourth-order valence-electron chi connectivity index (χ4n) is 1.11. The number of thiophene rings is 1. The van der Waals surface area contributed by atoms with Gasteiger partial charge in [-0.25, -0.2) is 0 Å². The fourth-order valence-corrected chi connectivity index (χ4v) is 3.19. The topological polar surface area (TPSA) is 81.5 Å². The van der Waals surface area contributed by atoms with Gasteiger partial charge in [-0.05, 0) is 12.0 Å². The standard InChI is InChI=1S/C10H16ClN3OS2/c1-3-6(2)9(12)10(15)14-17(13)7-4-8(11)16-5-7/h4-6,9H,3,12H2,1-2H3,(H2,13,14,15)/t6-,9?,17?/m0/s1. The van der Waals surface area contributed by atoms with Crippen molar-refractivity contribution in [3.05, 3.63) is 15.8 Å². The van der Waals surface area contributed by atoms with Gasteiger partial charge in [-0.3, -0.25) is 9.93 Å². The van der Waals surface area contributed by atoms with Crippen molar-refractivity contribution in [1.82, 2.24) is 0 Å². The first-order valence-corrected chi connectivity index (χ1v) is 7.70. The number of carbonyl (C=O) groups is 1. The van der Waals surface area contributed by atoms with E-state index in [-0.39, 0.29) is 11.8 Å². The van der Waals surface area contributed by atoms with Gasteiger partial charge in [-0.1, -0.05) is 31.9 Å². The summed E-state index contributed by atoms with van der Waals surface area (Å²) >= 11 is 7.16. The van der Waals surface area contributed by atoms with Crippen LogP contribution < -0.4 is 10.9 Å². The van der Waals surface area contributed by atoms with E-state index in [9.17, 15) is 4.79 Å². The molecule has 0 bridgehead atoms. The van der Waals surface area contributed by atoms with E-state index in [4.69, 9.17) is 22.5 Å². The Morgan fingerprint density at radius 1 is 1.71 bits per heavy atom. The van der Waals surface area contributed by atoms with Crippen LogP contribution in [0.3, 0.4) is 0 Å². The van der Waals surface area contributed by atoms with Gasteiger partial charge in [0.2, 0.25) is 0 Å². The molecule has 7 heteroatoms. The first kappa shape index (κ1) is 14.8. The number of carbonyl (C=O) groups excluding carboxylic acids is 1. The van der Waals surface area contributed by atoms with Crippen LogP contribution in [0.25, 0.3) is 0 Å². The molecule has 1 amide bonds. The Morgan fingerprint density at radius 2 is 2.35 bits per heavy atom. The van der Waals surface area contributed by atoms with Crippen molar-refractivity contribution < 1.29 is 4.79 Å². The van der Waals surface area contributed by atoms with E-state index >= 15 is 0 Å². The van der Waals surface area contributed by atoms with Crippen LogP contribution in [0.15, 0.2) is 20.7 Å². The van der Waals surface area contributed by atoms with Crippen molar-refractivity contribution in [1.29, 1.82) is 0 Å². The first-order chi connectivity index (χ1) is 7.95. The van der Waals surface area contributed by atoms with Crippen molar-refractivity contribution in [2.45, 2.75) is 31.2 Å². The molecule has 1 rings (SSSR count). The maximum atomic E-state index is 11.7. The van der Waals surface area contributed by atoms with Gasteiger partial charge in [0.1, 0.15) is 0 Å². The molecule has 3 atom stereocenters. The molecule has 17 heavy (non-hydrogen) atoms. The highest BCUT2D eigenvalue weighted by molar-refractivity contribution is 7.85. The quantitative estimate of drug-likeness (QED) is 0.894. The summed E-state index contributed by atoms with van der Waals surface area (Å²) in [5.74, 6) is -0.234. The van der Waals surface area contributed by atoms with Gasteiger partial charge >= 0.3 is 0 Å². The van der Waals surface area contributed by atoms with Gasteiger partial charge in [0.15, 0.2) is 0 Å². The number of amides is 1. The Kier molecular flexibility index (Phi) is 5.75. The second-order valence-electron chi connectivity index (χ2n) is 3.74. The molecule has 0 saturated carbocycles. The molecule has 1 heterocycles. The summed E-state index contributed by atoms with van der Waals surface area (Å²) in [7, 11) is -0.960. The molecule has 0 aliphatic carbocycles. The van der Waals surface area contributed by atoms with Crippen molar-refractivity contribution in [3.8, 4) is 0 Å². The monoisotopic (exact) mass is 293 g/mol. The van der Waals surface area contributed by atoms with E-state index in [1.807, 2.05) is 13.8 Å². The lowest BCUT2D eigenvalue weighted by atomic mass is 10.00. The number of halogens is 1. The second-order valence-corrected chi connectivity index (χ2v) is 6.57. The molecule has 1 aromatic heterocycles. The summed E-state index contributed by atoms with van der Waals surface area (Å²) in [6.45, 7) is 3.91. The van der Waals surface area contributed by atoms with Crippen molar-refractivity contribution in [2.75, 3.05) is 0 Å². The molecule has 4 N–H and O–H groups in total. The normalized spacial score (nSPS) is 16.8. The molecule has 0 aliphatic heterocycles. The zero-order valence-corrected chi connectivity index (χ0v) is 12.1. The van der Waals surface area contributed by atoms with E-state index in [0.29, 0.717) is 4.34 Å². The minimum atomic E-state index is -0.960. The van der Waals surface area contributed by atoms with Crippen LogP contribution >= 0.6 is 22.9 Å². The number of hydrogen-bond acceptors (Lipinski definition) is 3. The number of hydrogen-bond donors (Lipinski definition) is 2. The molecule has 0 fully saturated rings. The smallest absolute Gasteiger partial charge is 0.270 e. The molecule has 0 aromatic carbocycles. The average molecular weight is 294 g/mol. The van der Waals surface area contributed by atoms with E-state index in [2.05, 4.69) is 4.36 Å². The summed E-state index contributed by atoms with van der Waals surface area (Å²) < 4.78 is 4.56. The molecule has 2 unspecified atom stereocenters. The van der Waals surface area contributed by atoms with Gasteiger partial charge in [0, 0.05) is 21.2 Å². The Balaban J connectivity index is 2.78. The maximum Gasteiger partial charge on any atom is 0.270 e. The summed E-state index contributed by atoms with van der Waals surface area (Å²) in [6.07, 6.45) is 0.838. The van der Waals surface area contributed by atoms with Crippen LogP contribution in [0, 0.1) is 5.92 Å². The number of nitrogens with two attached hydrogens (primary N) is 2. The third-order valence-corrected chi connectivity index (χ3v) is 4.85. The third kappa shape index (κ3) is 4.15. The van der Waals surface area contributed by atoms with Crippen LogP contribution in [0.5, 0.6) is 0 Å². The van der Waals surface area contributed by atoms with Crippen LogP contribution in [-0.2, 0) is 15.7 Å². The minimum Gasteiger partial charge on any atom is -0.320 e. The molecular weight excluding hydrogens is 278 g/mol. The van der Waals surface area contributed by atoms with Gasteiger partial charge < -0.3 is 5.73 Å². The molecule has 96 valence electrons. The van der Waals surface area contributed by atoms with E-state index in [1.54, 1.807) is 11.4 Å². The SMILES string of the molecule is CC[C@H](C)C(N)C(=O)N=S(N)c1csc(Cl)c1. The van der Waals surface area contributed by atoms with Gasteiger partial charge in [0.05, 0.1) is 10.4 Å². The summed E-state index contributed by atoms with van der Waals surface area (Å²) in [5, 5.41) is 7.62. The highest BCUT2D eigenvalue weighted by Gasteiger charge is 2.19. The Morgan fingerprint density at radius 3 is 2.82 bits per heavy atom. The summed E-state index contributed by atoms with van der Waals surface area (Å²) in [4.78, 5) is 12.5. The fraction of sp³-hybridized carbons (Fsp3) is 0.500. The predicted octanol–water partition coefficient (Wildman–Crippen LogP) is 2.34. The van der Waals surface area contributed by atoms with Crippen LogP contribution in [0.2, 0.25) is 4.34 Å². The second kappa shape index (κ2) is 6.61. The largest absolute Gasteiger partial charge is 0.320 e. The van der Waals surface area contributed by atoms with Crippen molar-refractivity contribution in [3.63, 3.8) is 0 Å². The van der Waals surface area contributed by atoms with E-state index in [0.717, 1.165) is 11.3 Å². The summed E-state index contributed by atoms with van der Waals surface area (Å²) in [6, 6.07) is 1.15. The lowest BCUT2D eigenvalue weighted by Crippen LogP contribution is -2.36. The first-order valence-electron chi connectivity index (χ1n) is 5.19. The van der Waals surface area contributed by atoms with E-state index < -0.39 is 16.9 Å². The molecule has 4 nitrogen and oxygen atoms in total. The lowest BCUT2D eigenvalue weighted by Gasteiger charge is -2.14. The van der Waals surface area contributed by atoms with Crippen molar-refractivity contribution in [2.24, 2.45) is 21.2 Å². The molecule has 0 saturated heterocycles. The van der Waals surface area contributed by atoms with Crippen LogP contribution in [0.1, 0.15) is 20.3 Å². The highest BCUT2D eigenvalue weighted by Crippen LogP contribution is 2.22. The van der Waals surface area contributed by atoms with Crippen LogP contribution in [-0.4, -0.2) is 11.9 Å². The Hall–Kier alpha value is -0.270. The van der Waals surface area contributed by atoms with Gasteiger partial charge in [-0.15, -0.1) is 11.3 Å².